The molecule has 0 N–H and O–H groups in total. The molecule has 20 heavy (non-hydrogen) atoms. The van der Waals surface area contributed by atoms with E-state index in [2.05, 4.69) is 10.2 Å². The Balaban J connectivity index is 2.60. The third-order valence-electron chi connectivity index (χ3n) is 2.99. The summed E-state index contributed by atoms with van der Waals surface area (Å²) in [5.41, 5.74) is 0.822. The molecule has 5 heteroatoms. The average Bonchev–Trinajstić information content (AvgIpc) is 2.38. The van der Waals surface area contributed by atoms with Crippen molar-refractivity contribution in [1.82, 2.24) is 10.2 Å². The summed E-state index contributed by atoms with van der Waals surface area (Å²) in [7, 11) is 0. The Morgan fingerprint density at radius 1 is 1.05 bits per heavy atom. The summed E-state index contributed by atoms with van der Waals surface area (Å²) in [4.78, 5) is 0. The van der Waals surface area contributed by atoms with E-state index in [-0.39, 0.29) is 17.2 Å². The van der Waals surface area contributed by atoms with Crippen LogP contribution in [0, 0.1) is 5.82 Å². The SMILES string of the molecule is CC(C)c1cc(C(C)(F)F)c(-c2ccc(F)cc2)nn1. The molecule has 0 aliphatic rings. The van der Waals surface area contributed by atoms with Gasteiger partial charge >= 0.3 is 0 Å². The predicted octanol–water partition coefficient (Wildman–Crippen LogP) is 4.52. The van der Waals surface area contributed by atoms with Gasteiger partial charge in [-0.1, -0.05) is 13.8 Å². The van der Waals surface area contributed by atoms with Crippen LogP contribution in [-0.4, -0.2) is 10.2 Å². The molecule has 0 aliphatic carbocycles. The van der Waals surface area contributed by atoms with Gasteiger partial charge < -0.3 is 0 Å². The molecule has 2 nitrogen and oxygen atoms in total. The van der Waals surface area contributed by atoms with E-state index in [1.54, 1.807) is 0 Å². The summed E-state index contributed by atoms with van der Waals surface area (Å²) >= 11 is 0. The zero-order chi connectivity index (χ0) is 14.9. The zero-order valence-electron chi connectivity index (χ0n) is 11.5. The van der Waals surface area contributed by atoms with Crippen molar-refractivity contribution in [2.75, 3.05) is 0 Å². The quantitative estimate of drug-likeness (QED) is 0.826. The molecule has 1 aromatic carbocycles. The minimum atomic E-state index is -3.04. The van der Waals surface area contributed by atoms with E-state index < -0.39 is 11.7 Å². The Morgan fingerprint density at radius 3 is 2.15 bits per heavy atom. The maximum atomic E-state index is 13.8. The van der Waals surface area contributed by atoms with E-state index in [9.17, 15) is 13.2 Å². The molecule has 0 spiro atoms. The Morgan fingerprint density at radius 2 is 1.65 bits per heavy atom. The first kappa shape index (κ1) is 14.5. The number of nitrogens with zero attached hydrogens (tertiary/aromatic N) is 2. The molecule has 0 fully saturated rings. The number of halogens is 3. The molecule has 0 bridgehead atoms. The molecule has 0 radical (unpaired) electrons. The van der Waals surface area contributed by atoms with Crippen LogP contribution in [-0.2, 0) is 5.92 Å². The van der Waals surface area contributed by atoms with Crippen LogP contribution in [0.1, 0.15) is 37.9 Å². The standard InChI is InChI=1S/C15H15F3N2/c1-9(2)13-8-12(15(3,17)18)14(20-19-13)10-4-6-11(16)7-5-10/h4-9H,1-3H3. The maximum Gasteiger partial charge on any atom is 0.272 e. The van der Waals surface area contributed by atoms with Crippen LogP contribution < -0.4 is 0 Å². The molecular weight excluding hydrogens is 265 g/mol. The lowest BCUT2D eigenvalue weighted by Crippen LogP contribution is -2.13. The number of hydrogen-bond acceptors (Lipinski definition) is 2. The van der Waals surface area contributed by atoms with Gasteiger partial charge in [-0.25, -0.2) is 13.2 Å². The van der Waals surface area contributed by atoms with Crippen LogP contribution in [0.15, 0.2) is 30.3 Å². The van der Waals surface area contributed by atoms with Crippen molar-refractivity contribution in [3.05, 3.63) is 47.4 Å². The summed E-state index contributed by atoms with van der Waals surface area (Å²) in [5.74, 6) is -3.46. The van der Waals surface area contributed by atoms with Gasteiger partial charge in [0.25, 0.3) is 5.92 Å². The maximum absolute atomic E-state index is 13.8. The minimum Gasteiger partial charge on any atom is -0.207 e. The summed E-state index contributed by atoms with van der Waals surface area (Å²) in [6.07, 6.45) is 0. The summed E-state index contributed by atoms with van der Waals surface area (Å²) < 4.78 is 40.5. The van der Waals surface area contributed by atoms with Crippen LogP contribution in [0.5, 0.6) is 0 Å². The molecule has 1 heterocycles. The Hall–Kier alpha value is -1.91. The van der Waals surface area contributed by atoms with Crippen LogP contribution >= 0.6 is 0 Å². The van der Waals surface area contributed by atoms with Gasteiger partial charge in [0.15, 0.2) is 0 Å². The van der Waals surface area contributed by atoms with Gasteiger partial charge in [-0.3, -0.25) is 0 Å². The zero-order valence-corrected chi connectivity index (χ0v) is 11.5. The van der Waals surface area contributed by atoms with Crippen molar-refractivity contribution >= 4 is 0 Å². The fourth-order valence-electron chi connectivity index (χ4n) is 1.84. The molecule has 0 atom stereocenters. The molecule has 0 aliphatic heterocycles. The van der Waals surface area contributed by atoms with Crippen molar-refractivity contribution < 1.29 is 13.2 Å². The number of rotatable bonds is 3. The third-order valence-corrected chi connectivity index (χ3v) is 2.99. The van der Waals surface area contributed by atoms with Gasteiger partial charge in [0, 0.05) is 12.5 Å². The van der Waals surface area contributed by atoms with Crippen molar-refractivity contribution in [3.63, 3.8) is 0 Å². The lowest BCUT2D eigenvalue weighted by molar-refractivity contribution is 0.0175. The van der Waals surface area contributed by atoms with Crippen molar-refractivity contribution in [3.8, 4) is 11.3 Å². The van der Waals surface area contributed by atoms with E-state index in [4.69, 9.17) is 0 Å². The fraction of sp³-hybridized carbons (Fsp3) is 0.333. The number of alkyl halides is 2. The molecule has 0 saturated carbocycles. The van der Waals surface area contributed by atoms with Gasteiger partial charge in [-0.05, 0) is 36.2 Å². The predicted molar refractivity (Wildman–Crippen MR) is 71.1 cm³/mol. The molecule has 2 rings (SSSR count). The van der Waals surface area contributed by atoms with E-state index in [0.29, 0.717) is 11.3 Å². The van der Waals surface area contributed by atoms with Crippen molar-refractivity contribution in [1.29, 1.82) is 0 Å². The second kappa shape index (κ2) is 5.23. The summed E-state index contributed by atoms with van der Waals surface area (Å²) in [6.45, 7) is 4.54. The molecule has 106 valence electrons. The minimum absolute atomic E-state index is 0.00543. The molecule has 2 aromatic rings. The van der Waals surface area contributed by atoms with Gasteiger partial charge in [-0.2, -0.15) is 5.10 Å². The second-order valence-electron chi connectivity index (χ2n) is 5.08. The van der Waals surface area contributed by atoms with Gasteiger partial charge in [0.2, 0.25) is 0 Å². The molecular formula is C15H15F3N2. The highest BCUT2D eigenvalue weighted by atomic mass is 19.3. The number of aromatic nitrogens is 2. The normalized spacial score (nSPS) is 11.9. The Kier molecular flexibility index (Phi) is 3.79. The topological polar surface area (TPSA) is 25.8 Å². The summed E-state index contributed by atoms with van der Waals surface area (Å²) in [6, 6.07) is 6.64. The molecule has 0 amide bonds. The van der Waals surface area contributed by atoms with Crippen molar-refractivity contribution in [2.24, 2.45) is 0 Å². The molecule has 0 unspecified atom stereocenters. The number of benzene rings is 1. The highest BCUT2D eigenvalue weighted by molar-refractivity contribution is 5.63. The first-order chi connectivity index (χ1) is 9.29. The van der Waals surface area contributed by atoms with E-state index >= 15 is 0 Å². The van der Waals surface area contributed by atoms with E-state index in [1.807, 2.05) is 13.8 Å². The monoisotopic (exact) mass is 280 g/mol. The Bertz CT molecular complexity index is 602. The molecule has 1 aromatic heterocycles. The van der Waals surface area contributed by atoms with Crippen LogP contribution in [0.25, 0.3) is 11.3 Å². The van der Waals surface area contributed by atoms with Crippen molar-refractivity contribution in [2.45, 2.75) is 32.6 Å². The third kappa shape index (κ3) is 2.98. The van der Waals surface area contributed by atoms with E-state index in [0.717, 1.165) is 6.92 Å². The van der Waals surface area contributed by atoms with Crippen LogP contribution in [0.2, 0.25) is 0 Å². The van der Waals surface area contributed by atoms with Gasteiger partial charge in [0.05, 0.1) is 11.3 Å². The van der Waals surface area contributed by atoms with E-state index in [1.165, 1.54) is 30.3 Å². The Labute approximate surface area is 115 Å². The summed E-state index contributed by atoms with van der Waals surface area (Å²) in [5, 5.41) is 7.89. The largest absolute Gasteiger partial charge is 0.272 e. The average molecular weight is 280 g/mol. The highest BCUT2D eigenvalue weighted by Crippen LogP contribution is 2.35. The smallest absolute Gasteiger partial charge is 0.207 e. The lowest BCUT2D eigenvalue weighted by atomic mass is 9.99. The molecule has 0 saturated heterocycles. The van der Waals surface area contributed by atoms with Gasteiger partial charge in [0.1, 0.15) is 11.5 Å². The lowest BCUT2D eigenvalue weighted by Gasteiger charge is -2.16. The van der Waals surface area contributed by atoms with Gasteiger partial charge in [-0.15, -0.1) is 5.10 Å². The highest BCUT2D eigenvalue weighted by Gasteiger charge is 2.30. The second-order valence-corrected chi connectivity index (χ2v) is 5.08. The van der Waals surface area contributed by atoms with Crippen LogP contribution in [0.4, 0.5) is 13.2 Å². The number of hydrogen-bond donors (Lipinski definition) is 0. The van der Waals surface area contributed by atoms with Crippen LogP contribution in [0.3, 0.4) is 0 Å². The fourth-order valence-corrected chi connectivity index (χ4v) is 1.84. The first-order valence-electron chi connectivity index (χ1n) is 6.31. The first-order valence-corrected chi connectivity index (χ1v) is 6.31.